The Hall–Kier alpha value is -2.65. The summed E-state index contributed by atoms with van der Waals surface area (Å²) in [5.41, 5.74) is 1.35. The molecule has 1 aromatic carbocycles. The summed E-state index contributed by atoms with van der Waals surface area (Å²) in [7, 11) is 0. The summed E-state index contributed by atoms with van der Waals surface area (Å²) >= 11 is 4.66. The lowest BCUT2D eigenvalue weighted by atomic mass is 10.0. The topological polar surface area (TPSA) is 83.1 Å². The number of carbonyl (C=O) groups is 1. The lowest BCUT2D eigenvalue weighted by molar-refractivity contribution is -0.764. The van der Waals surface area contributed by atoms with Crippen LogP contribution in [0.25, 0.3) is 11.3 Å². The highest BCUT2D eigenvalue weighted by Gasteiger charge is 2.46. The molecule has 3 heterocycles. The molecule has 0 fully saturated rings. The van der Waals surface area contributed by atoms with Crippen LogP contribution in [0.1, 0.15) is 18.8 Å². The highest BCUT2D eigenvalue weighted by atomic mass is 79.9. The third-order valence-electron chi connectivity index (χ3n) is 4.28. The Morgan fingerprint density at radius 3 is 2.89 bits per heavy atom. The second-order valence-electron chi connectivity index (χ2n) is 6.07. The van der Waals surface area contributed by atoms with Crippen LogP contribution in [0, 0.1) is 0 Å². The van der Waals surface area contributed by atoms with Crippen LogP contribution in [-0.4, -0.2) is 21.7 Å². The Kier molecular flexibility index (Phi) is 4.94. The van der Waals surface area contributed by atoms with Gasteiger partial charge in [-0.25, -0.2) is 4.90 Å². The van der Waals surface area contributed by atoms with Crippen molar-refractivity contribution in [2.75, 3.05) is 10.7 Å². The SMILES string of the molecule is C=CCSc1n[n+]2c(c(=O)[nH]1)-c1ccccc1N(C(C)=O)[C@H]2c1ccc(Br)o1. The first-order valence-electron chi connectivity index (χ1n) is 8.45. The van der Waals surface area contributed by atoms with E-state index < -0.39 is 6.17 Å². The fraction of sp³-hybridized carbons (Fsp3) is 0.158. The average Bonchev–Trinajstić information content (AvgIpc) is 3.10. The van der Waals surface area contributed by atoms with Crippen LogP contribution in [0.5, 0.6) is 0 Å². The number of fused-ring (bicyclic) bond motifs is 3. The van der Waals surface area contributed by atoms with E-state index in [0.717, 1.165) is 0 Å². The van der Waals surface area contributed by atoms with Gasteiger partial charge >= 0.3 is 17.4 Å². The van der Waals surface area contributed by atoms with E-state index in [0.29, 0.717) is 38.3 Å². The molecule has 1 aliphatic rings. The summed E-state index contributed by atoms with van der Waals surface area (Å²) in [4.78, 5) is 30.0. The number of benzene rings is 1. The third kappa shape index (κ3) is 3.10. The zero-order valence-corrected chi connectivity index (χ0v) is 17.3. The monoisotopic (exact) mass is 459 g/mol. The van der Waals surface area contributed by atoms with Crippen LogP contribution in [0.15, 0.2) is 68.1 Å². The van der Waals surface area contributed by atoms with E-state index in [1.54, 1.807) is 33.9 Å². The van der Waals surface area contributed by atoms with Crippen LogP contribution in [-0.2, 0) is 4.79 Å². The molecule has 0 saturated heterocycles. The fourth-order valence-corrected chi connectivity index (χ4v) is 4.15. The predicted molar refractivity (Wildman–Crippen MR) is 109 cm³/mol. The van der Waals surface area contributed by atoms with Gasteiger partial charge in [0.1, 0.15) is 0 Å². The maximum absolute atomic E-state index is 13.0. The molecule has 0 unspecified atom stereocenters. The van der Waals surface area contributed by atoms with Crippen LogP contribution in [0.4, 0.5) is 5.69 Å². The van der Waals surface area contributed by atoms with Gasteiger partial charge in [-0.2, -0.15) is 0 Å². The number of para-hydroxylation sites is 1. The lowest BCUT2D eigenvalue weighted by Crippen LogP contribution is -2.60. The van der Waals surface area contributed by atoms with E-state index in [1.165, 1.54) is 18.7 Å². The van der Waals surface area contributed by atoms with Crippen molar-refractivity contribution in [2.45, 2.75) is 18.2 Å². The number of hydrogen-bond donors (Lipinski definition) is 1. The quantitative estimate of drug-likeness (QED) is 0.367. The largest absolute Gasteiger partial charge is 0.445 e. The molecule has 4 rings (SSSR count). The Labute approximate surface area is 173 Å². The molecule has 1 amide bonds. The molecular formula is C19H16BrN4O3S+. The number of H-pyrrole nitrogens is 1. The van der Waals surface area contributed by atoms with Crippen molar-refractivity contribution in [3.63, 3.8) is 0 Å². The van der Waals surface area contributed by atoms with E-state index in [1.807, 2.05) is 18.2 Å². The minimum Gasteiger partial charge on any atom is -0.445 e. The van der Waals surface area contributed by atoms with Crippen molar-refractivity contribution in [1.29, 1.82) is 0 Å². The van der Waals surface area contributed by atoms with E-state index in [4.69, 9.17) is 4.42 Å². The minimum absolute atomic E-state index is 0.189. The summed E-state index contributed by atoms with van der Waals surface area (Å²) in [6.07, 6.45) is 1.01. The molecular weight excluding hydrogens is 444 g/mol. The Morgan fingerprint density at radius 1 is 1.43 bits per heavy atom. The maximum Gasteiger partial charge on any atom is 0.325 e. The number of halogens is 1. The number of aromatic nitrogens is 3. The molecule has 0 spiro atoms. The number of amides is 1. The molecule has 9 heteroatoms. The third-order valence-corrected chi connectivity index (χ3v) is 5.57. The fourth-order valence-electron chi connectivity index (χ4n) is 3.24. The Bertz CT molecular complexity index is 1140. The molecule has 1 atom stereocenters. The van der Waals surface area contributed by atoms with Gasteiger partial charge in [0.2, 0.25) is 11.1 Å². The zero-order chi connectivity index (χ0) is 19.8. The van der Waals surface area contributed by atoms with E-state index in [-0.39, 0.29) is 11.5 Å². The number of rotatable bonds is 4. The van der Waals surface area contributed by atoms with Gasteiger partial charge in [0, 0.05) is 17.8 Å². The van der Waals surface area contributed by atoms with Gasteiger partial charge in [-0.15, -0.1) is 6.58 Å². The standard InChI is InChI=1S/C19H15BrN4O3S/c1-3-10-28-19-21-17(26)16-12-6-4-5-7-13(12)23(11(2)25)18(24(16)22-19)14-8-9-15(20)27-14/h3-9,18H,1,10H2,2H3/p+1/t18-/m1/s1. The number of nitrogens with one attached hydrogen (secondary N) is 1. The number of carbonyl (C=O) groups excluding carboxylic acids is 1. The Balaban J connectivity index is 2.03. The van der Waals surface area contributed by atoms with Gasteiger partial charge in [-0.3, -0.25) is 14.6 Å². The van der Waals surface area contributed by atoms with Crippen molar-refractivity contribution in [2.24, 2.45) is 0 Å². The van der Waals surface area contributed by atoms with Crippen LogP contribution in [0.3, 0.4) is 0 Å². The first kappa shape index (κ1) is 18.7. The molecule has 28 heavy (non-hydrogen) atoms. The minimum atomic E-state index is -0.723. The maximum atomic E-state index is 13.0. The smallest absolute Gasteiger partial charge is 0.325 e. The number of hydrogen-bond acceptors (Lipinski definition) is 5. The van der Waals surface area contributed by atoms with E-state index >= 15 is 0 Å². The number of furan rings is 1. The number of thioether (sulfide) groups is 1. The first-order chi connectivity index (χ1) is 13.5. The second-order valence-corrected chi connectivity index (χ2v) is 7.86. The molecule has 0 radical (unpaired) electrons. The average molecular weight is 460 g/mol. The van der Waals surface area contributed by atoms with Crippen molar-refractivity contribution < 1.29 is 13.9 Å². The molecule has 1 aliphatic heterocycles. The van der Waals surface area contributed by atoms with Gasteiger partial charge < -0.3 is 4.42 Å². The number of anilines is 1. The van der Waals surface area contributed by atoms with Gasteiger partial charge in [-0.1, -0.05) is 30.0 Å². The van der Waals surface area contributed by atoms with Crippen LogP contribution >= 0.6 is 27.7 Å². The summed E-state index contributed by atoms with van der Waals surface area (Å²) in [5, 5.41) is 5.05. The summed E-state index contributed by atoms with van der Waals surface area (Å²) in [5.74, 6) is 0.887. The summed E-state index contributed by atoms with van der Waals surface area (Å²) in [6, 6.07) is 10.8. The molecule has 7 nitrogen and oxygen atoms in total. The highest BCUT2D eigenvalue weighted by molar-refractivity contribution is 9.10. The molecule has 2 aromatic heterocycles. The van der Waals surface area contributed by atoms with Gasteiger partial charge in [0.25, 0.3) is 0 Å². The van der Waals surface area contributed by atoms with Gasteiger partial charge in [0.15, 0.2) is 10.4 Å². The summed E-state index contributed by atoms with van der Waals surface area (Å²) < 4.78 is 7.84. The highest BCUT2D eigenvalue weighted by Crippen LogP contribution is 2.37. The zero-order valence-electron chi connectivity index (χ0n) is 14.9. The predicted octanol–water partition coefficient (Wildman–Crippen LogP) is 3.27. The molecule has 3 aromatic rings. The van der Waals surface area contributed by atoms with Crippen molar-refractivity contribution in [3.8, 4) is 11.3 Å². The normalized spacial score (nSPS) is 15.1. The van der Waals surface area contributed by atoms with Crippen LogP contribution < -0.4 is 15.1 Å². The Morgan fingerprint density at radius 2 is 2.21 bits per heavy atom. The first-order valence-corrected chi connectivity index (χ1v) is 10.2. The van der Waals surface area contributed by atoms with Crippen LogP contribution in [0.2, 0.25) is 0 Å². The van der Waals surface area contributed by atoms with E-state index in [2.05, 4.69) is 32.6 Å². The van der Waals surface area contributed by atoms with Gasteiger partial charge in [-0.05, 0) is 44.9 Å². The lowest BCUT2D eigenvalue weighted by Gasteiger charge is -2.29. The molecule has 0 aliphatic carbocycles. The number of aromatic amines is 1. The molecule has 0 bridgehead atoms. The summed E-state index contributed by atoms with van der Waals surface area (Å²) in [6.45, 7) is 5.18. The molecule has 1 N–H and O–H groups in total. The van der Waals surface area contributed by atoms with Crippen molar-refractivity contribution in [3.05, 3.63) is 69.8 Å². The number of nitrogens with zero attached hydrogens (tertiary/aromatic N) is 3. The van der Waals surface area contributed by atoms with E-state index in [9.17, 15) is 9.59 Å². The second kappa shape index (κ2) is 7.40. The molecule has 0 saturated carbocycles. The molecule has 142 valence electrons. The van der Waals surface area contributed by atoms with Gasteiger partial charge in [0.05, 0.1) is 11.3 Å². The van der Waals surface area contributed by atoms with Crippen molar-refractivity contribution in [1.82, 2.24) is 10.1 Å². The van der Waals surface area contributed by atoms with Crippen molar-refractivity contribution >= 4 is 39.3 Å².